The van der Waals surface area contributed by atoms with Crippen molar-refractivity contribution in [1.29, 1.82) is 0 Å². The van der Waals surface area contributed by atoms with Crippen molar-refractivity contribution in [3.63, 3.8) is 0 Å². The lowest BCUT2D eigenvalue weighted by atomic mass is 9.78. The number of aromatic nitrogens is 2. The van der Waals surface area contributed by atoms with Gasteiger partial charge in [0, 0.05) is 11.4 Å². The number of esters is 1. The van der Waals surface area contributed by atoms with Crippen molar-refractivity contribution in [2.75, 3.05) is 6.61 Å². The van der Waals surface area contributed by atoms with Gasteiger partial charge in [-0.25, -0.2) is 4.79 Å². The van der Waals surface area contributed by atoms with Crippen molar-refractivity contribution < 1.29 is 14.3 Å². The molecule has 2 aromatic carbocycles. The van der Waals surface area contributed by atoms with E-state index in [9.17, 15) is 14.4 Å². The second-order valence-electron chi connectivity index (χ2n) is 8.46. The number of para-hydroxylation sites is 1. The number of benzene rings is 2. The molecule has 0 unspecified atom stereocenters. The van der Waals surface area contributed by atoms with Crippen LogP contribution in [0.4, 0.5) is 0 Å². The zero-order valence-electron chi connectivity index (χ0n) is 18.3. The standard InChI is InChI=1S/C25H27N3O4/c1-16-9-8-14-21(17(16)2)26-22(29)15-32-25(31)23-19-12-6-7-13-20(19)24(30)28(27-23)18-10-4-3-5-11-18/h3-7,10-13,16-17,21H,8-9,14-15H2,1-2H3,(H,26,29)/t16-,17-,21+/m1/s1. The molecule has 7 nitrogen and oxygen atoms in total. The van der Waals surface area contributed by atoms with Gasteiger partial charge in [0.2, 0.25) is 0 Å². The van der Waals surface area contributed by atoms with Crippen molar-refractivity contribution in [3.05, 3.63) is 70.6 Å². The number of rotatable bonds is 5. The van der Waals surface area contributed by atoms with E-state index in [0.29, 0.717) is 28.3 Å². The number of hydrogen-bond donors (Lipinski definition) is 1. The molecule has 3 atom stereocenters. The number of carbonyl (C=O) groups excluding carboxylic acids is 2. The topological polar surface area (TPSA) is 90.3 Å². The van der Waals surface area contributed by atoms with Gasteiger partial charge < -0.3 is 10.1 Å². The summed E-state index contributed by atoms with van der Waals surface area (Å²) in [5.74, 6) is -0.147. The summed E-state index contributed by atoms with van der Waals surface area (Å²) in [5, 5.41) is 8.03. The molecule has 1 aromatic heterocycles. The van der Waals surface area contributed by atoms with Gasteiger partial charge in [-0.2, -0.15) is 9.78 Å². The number of carbonyl (C=O) groups is 2. The molecule has 7 heteroatoms. The highest BCUT2D eigenvalue weighted by Crippen LogP contribution is 2.29. The lowest BCUT2D eigenvalue weighted by Gasteiger charge is -2.34. The molecule has 0 radical (unpaired) electrons. The quantitative estimate of drug-likeness (QED) is 0.622. The monoisotopic (exact) mass is 433 g/mol. The lowest BCUT2D eigenvalue weighted by Crippen LogP contribution is -2.45. The Kier molecular flexibility index (Phi) is 6.35. The first kappa shape index (κ1) is 21.7. The van der Waals surface area contributed by atoms with Crippen LogP contribution in [-0.4, -0.2) is 34.3 Å². The molecular weight excluding hydrogens is 406 g/mol. The summed E-state index contributed by atoms with van der Waals surface area (Å²) < 4.78 is 6.49. The molecule has 1 N–H and O–H groups in total. The Bertz CT molecular complexity index is 1190. The van der Waals surface area contributed by atoms with Crippen LogP contribution < -0.4 is 10.9 Å². The zero-order chi connectivity index (χ0) is 22.7. The maximum atomic E-state index is 12.9. The second kappa shape index (κ2) is 9.34. The van der Waals surface area contributed by atoms with Crippen LogP contribution in [0.25, 0.3) is 16.5 Å². The van der Waals surface area contributed by atoms with E-state index >= 15 is 0 Å². The van der Waals surface area contributed by atoms with Gasteiger partial charge in [-0.05, 0) is 36.5 Å². The molecule has 0 aliphatic heterocycles. The average molecular weight is 434 g/mol. The van der Waals surface area contributed by atoms with Crippen LogP contribution in [0.1, 0.15) is 43.6 Å². The van der Waals surface area contributed by atoms with Gasteiger partial charge in [-0.3, -0.25) is 9.59 Å². The third kappa shape index (κ3) is 4.42. The normalized spacial score (nSPS) is 20.6. The largest absolute Gasteiger partial charge is 0.451 e. The van der Waals surface area contributed by atoms with E-state index in [1.807, 2.05) is 6.07 Å². The zero-order valence-corrected chi connectivity index (χ0v) is 18.3. The van der Waals surface area contributed by atoms with Crippen molar-refractivity contribution in [2.45, 2.75) is 39.2 Å². The van der Waals surface area contributed by atoms with Crippen LogP contribution in [0.3, 0.4) is 0 Å². The number of hydrogen-bond acceptors (Lipinski definition) is 5. The van der Waals surface area contributed by atoms with E-state index in [1.54, 1.807) is 48.5 Å². The van der Waals surface area contributed by atoms with Gasteiger partial charge in [0.15, 0.2) is 12.3 Å². The first-order valence-electron chi connectivity index (χ1n) is 11.0. The number of amides is 1. The lowest BCUT2D eigenvalue weighted by molar-refractivity contribution is -0.125. The molecule has 0 bridgehead atoms. The van der Waals surface area contributed by atoms with E-state index in [0.717, 1.165) is 12.8 Å². The summed E-state index contributed by atoms with van der Waals surface area (Å²) in [6, 6.07) is 15.7. The number of nitrogens with zero attached hydrogens (tertiary/aromatic N) is 2. The molecule has 166 valence electrons. The predicted octanol–water partition coefficient (Wildman–Crippen LogP) is 3.48. The highest BCUT2D eigenvalue weighted by Gasteiger charge is 2.28. The summed E-state index contributed by atoms with van der Waals surface area (Å²) in [6.07, 6.45) is 3.17. The van der Waals surface area contributed by atoms with Gasteiger partial charge in [0.1, 0.15) is 0 Å². The second-order valence-corrected chi connectivity index (χ2v) is 8.46. The maximum absolute atomic E-state index is 12.9. The average Bonchev–Trinajstić information content (AvgIpc) is 2.81. The van der Waals surface area contributed by atoms with Crippen LogP contribution >= 0.6 is 0 Å². The number of ether oxygens (including phenoxy) is 1. The Labute approximate surface area is 186 Å². The van der Waals surface area contributed by atoms with Crippen LogP contribution in [0.5, 0.6) is 0 Å². The maximum Gasteiger partial charge on any atom is 0.359 e. The molecule has 1 aliphatic rings. The van der Waals surface area contributed by atoms with E-state index in [1.165, 1.54) is 11.1 Å². The van der Waals surface area contributed by atoms with E-state index in [4.69, 9.17) is 4.74 Å². The number of fused-ring (bicyclic) bond motifs is 1. The smallest absolute Gasteiger partial charge is 0.359 e. The first-order chi connectivity index (χ1) is 15.5. The fraction of sp³-hybridized carbons (Fsp3) is 0.360. The van der Waals surface area contributed by atoms with Crippen molar-refractivity contribution in [3.8, 4) is 5.69 Å². The van der Waals surface area contributed by atoms with E-state index < -0.39 is 12.6 Å². The fourth-order valence-electron chi connectivity index (χ4n) is 4.32. The van der Waals surface area contributed by atoms with Gasteiger partial charge >= 0.3 is 5.97 Å². The Hall–Kier alpha value is -3.48. The van der Waals surface area contributed by atoms with Gasteiger partial charge in [-0.1, -0.05) is 63.1 Å². The molecule has 1 heterocycles. The Balaban J connectivity index is 1.55. The van der Waals surface area contributed by atoms with Gasteiger partial charge in [0.25, 0.3) is 11.5 Å². The third-order valence-corrected chi connectivity index (χ3v) is 6.39. The predicted molar refractivity (Wildman–Crippen MR) is 122 cm³/mol. The van der Waals surface area contributed by atoms with Crippen LogP contribution in [0.2, 0.25) is 0 Å². The molecule has 1 amide bonds. The molecule has 1 aliphatic carbocycles. The molecule has 0 saturated heterocycles. The fourth-order valence-corrected chi connectivity index (χ4v) is 4.32. The minimum atomic E-state index is -0.744. The minimum absolute atomic E-state index is 0.00323. The van der Waals surface area contributed by atoms with Gasteiger partial charge in [-0.15, -0.1) is 0 Å². The van der Waals surface area contributed by atoms with Crippen LogP contribution in [0, 0.1) is 11.8 Å². The van der Waals surface area contributed by atoms with Crippen molar-refractivity contribution in [2.24, 2.45) is 11.8 Å². The van der Waals surface area contributed by atoms with Crippen LogP contribution in [0.15, 0.2) is 59.4 Å². The molecule has 4 rings (SSSR count). The first-order valence-corrected chi connectivity index (χ1v) is 11.0. The summed E-state index contributed by atoms with van der Waals surface area (Å²) in [4.78, 5) is 38.3. The Morgan fingerprint density at radius 2 is 1.72 bits per heavy atom. The highest BCUT2D eigenvalue weighted by atomic mass is 16.5. The van der Waals surface area contributed by atoms with Crippen LogP contribution in [-0.2, 0) is 9.53 Å². The molecule has 32 heavy (non-hydrogen) atoms. The highest BCUT2D eigenvalue weighted by molar-refractivity contribution is 6.02. The molecule has 0 spiro atoms. The van der Waals surface area contributed by atoms with Crippen molar-refractivity contribution in [1.82, 2.24) is 15.1 Å². The van der Waals surface area contributed by atoms with E-state index in [2.05, 4.69) is 24.3 Å². The summed E-state index contributed by atoms with van der Waals surface area (Å²) in [6.45, 7) is 3.95. The van der Waals surface area contributed by atoms with E-state index in [-0.39, 0.29) is 23.2 Å². The Morgan fingerprint density at radius 1 is 1.03 bits per heavy atom. The minimum Gasteiger partial charge on any atom is -0.451 e. The molecule has 3 aromatic rings. The molecule has 1 saturated carbocycles. The molecular formula is C25H27N3O4. The SMILES string of the molecule is C[C@@H]1[C@H](C)CCC[C@@H]1NC(=O)COC(=O)c1nn(-c2ccccc2)c(=O)c2ccccc12. The number of nitrogens with one attached hydrogen (secondary N) is 1. The Morgan fingerprint density at radius 3 is 2.47 bits per heavy atom. The summed E-state index contributed by atoms with van der Waals surface area (Å²) >= 11 is 0. The summed E-state index contributed by atoms with van der Waals surface area (Å²) in [5.41, 5.74) is 0.202. The third-order valence-electron chi connectivity index (χ3n) is 6.39. The van der Waals surface area contributed by atoms with Crippen molar-refractivity contribution >= 4 is 22.6 Å². The van der Waals surface area contributed by atoms with Gasteiger partial charge in [0.05, 0.1) is 11.1 Å². The molecule has 1 fully saturated rings. The summed E-state index contributed by atoms with van der Waals surface area (Å²) in [7, 11) is 0.